The van der Waals surface area contributed by atoms with Crippen molar-refractivity contribution in [2.75, 3.05) is 0 Å². The van der Waals surface area contributed by atoms with Gasteiger partial charge in [-0.3, -0.25) is 0 Å². The molecule has 0 saturated heterocycles. The first kappa shape index (κ1) is 46.8. The highest BCUT2D eigenvalue weighted by Crippen LogP contribution is 2.27. The standard InChI is InChI=1S/C35H31IN2O2.3C3H8.C2H6/c1-5-10-26(6-2)29-15-13-27(14-16-29)24(3)37-35(38-25(4)33-22-21-32(40-36)23-34(33)39)31-19-17-30(18-20-31)28-11-8-7-9-12-28;3*1-3-2;1-2/h5-23,39H,3H2,1-2,4H3;3*3H2,1-2H3;1-2H3/b10-5-,26-6+,37-35?,38-25?;;;;. The largest absolute Gasteiger partial charge is 0.507 e. The molecule has 0 heterocycles. The first-order valence-electron chi connectivity index (χ1n) is 18.2. The zero-order valence-electron chi connectivity index (χ0n) is 32.9. The van der Waals surface area contributed by atoms with E-state index in [2.05, 4.69) is 96.7 Å². The Morgan fingerprint density at radius 1 is 0.706 bits per heavy atom. The Hall–Kier alpha value is -4.23. The number of phenols is 1. The van der Waals surface area contributed by atoms with E-state index in [1.807, 2.05) is 83.2 Å². The van der Waals surface area contributed by atoms with E-state index >= 15 is 0 Å². The molecule has 4 aromatic rings. The van der Waals surface area contributed by atoms with Crippen molar-refractivity contribution < 1.29 is 8.17 Å². The Labute approximate surface area is 324 Å². The SMILES string of the molecule is C=C(N=C(N=C(C)c1ccc(OI)cc1O)c1ccc(-c2ccccc2)cc1)c1ccc(C(/C=C\C)=C/C)cc1.CC.CCC.CCC.CCC. The third-order valence-electron chi connectivity index (χ3n) is 6.42. The minimum Gasteiger partial charge on any atom is -0.507 e. The van der Waals surface area contributed by atoms with Crippen molar-refractivity contribution >= 4 is 45.8 Å². The highest BCUT2D eigenvalue weighted by Gasteiger charge is 2.11. The van der Waals surface area contributed by atoms with Crippen molar-refractivity contribution in [3.05, 3.63) is 144 Å². The van der Waals surface area contributed by atoms with Crippen LogP contribution in [0.5, 0.6) is 11.5 Å². The summed E-state index contributed by atoms with van der Waals surface area (Å²) in [7, 11) is 0. The van der Waals surface area contributed by atoms with Crippen molar-refractivity contribution in [2.45, 2.75) is 95.4 Å². The van der Waals surface area contributed by atoms with E-state index in [-0.39, 0.29) is 5.75 Å². The van der Waals surface area contributed by atoms with Crippen molar-refractivity contribution in [3.8, 4) is 22.6 Å². The maximum absolute atomic E-state index is 10.6. The lowest BCUT2D eigenvalue weighted by Crippen LogP contribution is -2.05. The number of nitrogens with zero attached hydrogens (tertiary/aromatic N) is 2. The topological polar surface area (TPSA) is 54.2 Å². The normalized spacial score (nSPS) is 11.0. The first-order chi connectivity index (χ1) is 24.7. The van der Waals surface area contributed by atoms with Gasteiger partial charge in [-0.15, -0.1) is 0 Å². The van der Waals surface area contributed by atoms with Crippen LogP contribution in [-0.4, -0.2) is 16.7 Å². The molecule has 4 nitrogen and oxygen atoms in total. The molecule has 1 N–H and O–H groups in total. The molecule has 0 aromatic heterocycles. The van der Waals surface area contributed by atoms with Crippen LogP contribution in [0.25, 0.3) is 22.4 Å². The van der Waals surface area contributed by atoms with Gasteiger partial charge in [-0.25, -0.2) is 9.98 Å². The molecule has 4 rings (SSSR count). The van der Waals surface area contributed by atoms with Gasteiger partial charge < -0.3 is 8.17 Å². The van der Waals surface area contributed by atoms with Crippen LogP contribution in [0.4, 0.5) is 0 Å². The molecule has 0 saturated carbocycles. The van der Waals surface area contributed by atoms with E-state index in [1.54, 1.807) is 41.2 Å². The number of phenolic OH excluding ortho intramolecular Hbond substituents is 1. The summed E-state index contributed by atoms with van der Waals surface area (Å²) >= 11 is 1.79. The molecule has 0 aliphatic rings. The number of aliphatic imine (C=N–C) groups is 2. The van der Waals surface area contributed by atoms with E-state index < -0.39 is 0 Å². The minimum absolute atomic E-state index is 0.0875. The van der Waals surface area contributed by atoms with E-state index in [4.69, 9.17) is 13.1 Å². The molecule has 0 aliphatic heterocycles. The molecule has 0 atom stereocenters. The van der Waals surface area contributed by atoms with E-state index in [0.717, 1.165) is 33.4 Å². The number of aromatic hydroxyl groups is 1. The number of allylic oxidation sites excluding steroid dienone is 4. The number of halogens is 1. The minimum atomic E-state index is 0.0875. The van der Waals surface area contributed by atoms with Gasteiger partial charge in [0.15, 0.2) is 28.8 Å². The summed E-state index contributed by atoms with van der Waals surface area (Å²) in [4.78, 5) is 9.75. The van der Waals surface area contributed by atoms with Crippen LogP contribution in [0, 0.1) is 0 Å². The molecule has 0 bridgehead atoms. The van der Waals surface area contributed by atoms with Gasteiger partial charge in [0.2, 0.25) is 0 Å². The van der Waals surface area contributed by atoms with Crippen LogP contribution in [0.2, 0.25) is 0 Å². The summed E-state index contributed by atoms with van der Waals surface area (Å²) in [5.41, 5.74) is 8.08. The molecule has 51 heavy (non-hydrogen) atoms. The number of amidine groups is 1. The Kier molecular flexibility index (Phi) is 26.1. The molecule has 0 radical (unpaired) electrons. The summed E-state index contributed by atoms with van der Waals surface area (Å²) in [5, 5.41) is 10.6. The maximum Gasteiger partial charge on any atom is 0.192 e. The highest BCUT2D eigenvalue weighted by atomic mass is 127. The van der Waals surface area contributed by atoms with E-state index in [9.17, 15) is 5.11 Å². The van der Waals surface area contributed by atoms with Crippen molar-refractivity contribution in [2.24, 2.45) is 9.98 Å². The molecule has 0 amide bonds. The molecule has 0 aliphatic carbocycles. The predicted octanol–water partition coefficient (Wildman–Crippen LogP) is 15.0. The second kappa shape index (κ2) is 28.5. The summed E-state index contributed by atoms with van der Waals surface area (Å²) in [5.74, 6) is 1.15. The summed E-state index contributed by atoms with van der Waals surface area (Å²) in [6.07, 6.45) is 9.96. The predicted molar refractivity (Wildman–Crippen MR) is 237 cm³/mol. The third-order valence-corrected chi connectivity index (χ3v) is 6.93. The number of benzene rings is 4. The fourth-order valence-corrected chi connectivity index (χ4v) is 4.54. The van der Waals surface area contributed by atoms with Crippen LogP contribution >= 0.6 is 23.0 Å². The smallest absolute Gasteiger partial charge is 0.192 e. The van der Waals surface area contributed by atoms with Crippen molar-refractivity contribution in [1.29, 1.82) is 0 Å². The average molecular weight is 801 g/mol. The van der Waals surface area contributed by atoms with E-state index in [0.29, 0.717) is 28.6 Å². The van der Waals surface area contributed by atoms with Gasteiger partial charge in [-0.2, -0.15) is 0 Å². The summed E-state index contributed by atoms with van der Waals surface area (Å²) in [6, 6.07) is 31.7. The van der Waals surface area contributed by atoms with Gasteiger partial charge in [-0.1, -0.05) is 178 Å². The van der Waals surface area contributed by atoms with Crippen LogP contribution in [0.15, 0.2) is 132 Å². The zero-order valence-corrected chi connectivity index (χ0v) is 35.1. The zero-order chi connectivity index (χ0) is 38.6. The van der Waals surface area contributed by atoms with Crippen molar-refractivity contribution in [3.63, 3.8) is 0 Å². The van der Waals surface area contributed by atoms with Gasteiger partial charge in [-0.05, 0) is 60.7 Å². The number of hydrogen-bond donors (Lipinski definition) is 1. The van der Waals surface area contributed by atoms with Gasteiger partial charge in [0.1, 0.15) is 11.5 Å². The quantitative estimate of drug-likeness (QED) is 0.0835. The first-order valence-corrected chi connectivity index (χ1v) is 19.1. The Morgan fingerprint density at radius 2 is 1.20 bits per heavy atom. The van der Waals surface area contributed by atoms with Crippen LogP contribution < -0.4 is 3.07 Å². The maximum atomic E-state index is 10.6. The molecular weight excluding hydrogens is 739 g/mol. The van der Waals surface area contributed by atoms with Crippen LogP contribution in [-0.2, 0) is 0 Å². The summed E-state index contributed by atoms with van der Waals surface area (Å²) < 4.78 is 5.20. The van der Waals surface area contributed by atoms with Gasteiger partial charge >= 0.3 is 0 Å². The number of hydrogen-bond acceptors (Lipinski definition) is 3. The lowest BCUT2D eigenvalue weighted by atomic mass is 10.0. The second-order valence-electron chi connectivity index (χ2n) is 11.2. The molecule has 5 heteroatoms. The molecule has 274 valence electrons. The van der Waals surface area contributed by atoms with Crippen molar-refractivity contribution in [1.82, 2.24) is 0 Å². The van der Waals surface area contributed by atoms with Gasteiger partial charge in [0, 0.05) is 17.2 Å². The fraction of sp³-hybridized carbons (Fsp3) is 0.304. The summed E-state index contributed by atoms with van der Waals surface area (Å²) in [6.45, 7) is 26.9. The molecule has 4 aromatic carbocycles. The molecular formula is C46H61IN2O2. The fourth-order valence-electron chi connectivity index (χ4n) is 4.27. The van der Waals surface area contributed by atoms with Crippen LogP contribution in [0.1, 0.15) is 118 Å². The molecule has 0 spiro atoms. The molecule has 0 fully saturated rings. The highest BCUT2D eigenvalue weighted by molar-refractivity contribution is 14.1. The Bertz CT molecular complexity index is 1650. The molecule has 0 unspecified atom stereocenters. The second-order valence-corrected chi connectivity index (χ2v) is 11.7. The van der Waals surface area contributed by atoms with Gasteiger partial charge in [0.05, 0.1) is 11.4 Å². The Balaban J connectivity index is 0.00000203. The van der Waals surface area contributed by atoms with E-state index in [1.165, 1.54) is 19.3 Å². The lowest BCUT2D eigenvalue weighted by Gasteiger charge is -2.10. The lowest BCUT2D eigenvalue weighted by molar-refractivity contribution is 0.472. The van der Waals surface area contributed by atoms with Crippen LogP contribution in [0.3, 0.4) is 0 Å². The average Bonchev–Trinajstić information content (AvgIpc) is 3.15. The van der Waals surface area contributed by atoms with Gasteiger partial charge in [0.25, 0.3) is 0 Å². The Morgan fingerprint density at radius 3 is 1.67 bits per heavy atom. The monoisotopic (exact) mass is 800 g/mol. The third kappa shape index (κ3) is 17.0. The number of rotatable bonds is 8.